The summed E-state index contributed by atoms with van der Waals surface area (Å²) in [5, 5.41) is 0. The van der Waals surface area contributed by atoms with Gasteiger partial charge < -0.3 is 0 Å². The van der Waals surface area contributed by atoms with Gasteiger partial charge in [-0.2, -0.15) is 0 Å². The van der Waals surface area contributed by atoms with Crippen molar-refractivity contribution >= 4 is 0 Å². The molecule has 3 N–H and O–H groups in total. The number of hydrogen-bond donors (Lipinski definition) is 2. The van der Waals surface area contributed by atoms with Gasteiger partial charge in [0.05, 0.1) is 0 Å². The van der Waals surface area contributed by atoms with Crippen molar-refractivity contribution in [1.82, 2.24) is 5.43 Å². The van der Waals surface area contributed by atoms with Gasteiger partial charge in [0, 0.05) is 6.04 Å². The Hall–Kier alpha value is -0.0800. The summed E-state index contributed by atoms with van der Waals surface area (Å²) in [6.45, 7) is 4.63. The van der Waals surface area contributed by atoms with Crippen molar-refractivity contribution in [3.8, 4) is 0 Å². The van der Waals surface area contributed by atoms with Crippen molar-refractivity contribution in [2.45, 2.75) is 58.4 Å². The summed E-state index contributed by atoms with van der Waals surface area (Å²) in [6, 6.07) is 0.570. The standard InChI is InChI=1S/C13H26N2/c1-3-4-9(2)13(15-14)12-8-10-5-6-11(12)7-10/h9-13,15H,3-8,14H2,1-2H3. The Morgan fingerprint density at radius 1 is 1.33 bits per heavy atom. The van der Waals surface area contributed by atoms with Gasteiger partial charge in [-0.05, 0) is 49.4 Å². The first-order valence-electron chi connectivity index (χ1n) is 6.72. The van der Waals surface area contributed by atoms with E-state index in [0.29, 0.717) is 6.04 Å². The fourth-order valence-corrected chi connectivity index (χ4v) is 4.08. The van der Waals surface area contributed by atoms with Crippen LogP contribution in [0, 0.1) is 23.7 Å². The first kappa shape index (κ1) is 11.4. The summed E-state index contributed by atoms with van der Waals surface area (Å²) >= 11 is 0. The Morgan fingerprint density at radius 3 is 2.60 bits per heavy atom. The molecular weight excluding hydrogens is 184 g/mol. The number of fused-ring (bicyclic) bond motifs is 2. The van der Waals surface area contributed by atoms with Gasteiger partial charge in [-0.25, -0.2) is 0 Å². The Kier molecular flexibility index (Phi) is 3.68. The topological polar surface area (TPSA) is 38.0 Å². The van der Waals surface area contributed by atoms with Crippen LogP contribution in [0.15, 0.2) is 0 Å². The minimum Gasteiger partial charge on any atom is -0.271 e. The van der Waals surface area contributed by atoms with E-state index in [-0.39, 0.29) is 0 Å². The normalized spacial score (nSPS) is 38.2. The average molecular weight is 210 g/mol. The van der Waals surface area contributed by atoms with Gasteiger partial charge in [0.2, 0.25) is 0 Å². The SMILES string of the molecule is CCCC(C)C(NN)C1CC2CCC1C2. The minimum atomic E-state index is 0.570. The van der Waals surface area contributed by atoms with E-state index in [2.05, 4.69) is 19.3 Å². The molecule has 2 fully saturated rings. The molecule has 0 aromatic rings. The quantitative estimate of drug-likeness (QED) is 0.541. The largest absolute Gasteiger partial charge is 0.271 e. The van der Waals surface area contributed by atoms with Crippen molar-refractivity contribution < 1.29 is 0 Å². The molecular formula is C13H26N2. The van der Waals surface area contributed by atoms with Crippen molar-refractivity contribution in [3.05, 3.63) is 0 Å². The number of hydrogen-bond acceptors (Lipinski definition) is 2. The first-order chi connectivity index (χ1) is 7.26. The van der Waals surface area contributed by atoms with Crippen molar-refractivity contribution in [2.24, 2.45) is 29.5 Å². The van der Waals surface area contributed by atoms with E-state index in [4.69, 9.17) is 5.84 Å². The molecule has 0 radical (unpaired) electrons. The molecule has 5 unspecified atom stereocenters. The summed E-state index contributed by atoms with van der Waals surface area (Å²) in [5.41, 5.74) is 3.11. The van der Waals surface area contributed by atoms with Gasteiger partial charge in [-0.15, -0.1) is 0 Å². The Balaban J connectivity index is 1.94. The van der Waals surface area contributed by atoms with Gasteiger partial charge in [-0.3, -0.25) is 11.3 Å². The van der Waals surface area contributed by atoms with Crippen LogP contribution in [-0.4, -0.2) is 6.04 Å². The van der Waals surface area contributed by atoms with Gasteiger partial charge >= 0.3 is 0 Å². The van der Waals surface area contributed by atoms with Crippen LogP contribution in [0.3, 0.4) is 0 Å². The van der Waals surface area contributed by atoms with Gasteiger partial charge in [0.15, 0.2) is 0 Å². The average Bonchev–Trinajstić information content (AvgIpc) is 2.81. The second-order valence-corrected chi connectivity index (χ2v) is 5.80. The smallest absolute Gasteiger partial charge is 0.0267 e. The molecule has 2 heteroatoms. The number of rotatable bonds is 5. The third kappa shape index (κ3) is 2.21. The maximum Gasteiger partial charge on any atom is 0.0267 e. The zero-order chi connectivity index (χ0) is 10.8. The fourth-order valence-electron chi connectivity index (χ4n) is 4.08. The van der Waals surface area contributed by atoms with E-state index in [1.54, 1.807) is 0 Å². The van der Waals surface area contributed by atoms with E-state index in [1.165, 1.54) is 38.5 Å². The van der Waals surface area contributed by atoms with Crippen LogP contribution in [0.5, 0.6) is 0 Å². The highest BCUT2D eigenvalue weighted by Crippen LogP contribution is 2.50. The zero-order valence-electron chi connectivity index (χ0n) is 10.2. The summed E-state index contributed by atoms with van der Waals surface area (Å²) < 4.78 is 0. The maximum atomic E-state index is 5.77. The van der Waals surface area contributed by atoms with E-state index >= 15 is 0 Å². The van der Waals surface area contributed by atoms with E-state index in [1.807, 2.05) is 0 Å². The van der Waals surface area contributed by atoms with Crippen LogP contribution in [0.1, 0.15) is 52.4 Å². The predicted octanol–water partition coefficient (Wildman–Crippen LogP) is 2.69. The molecule has 88 valence electrons. The molecule has 0 saturated heterocycles. The lowest BCUT2D eigenvalue weighted by atomic mass is 9.77. The number of hydrazine groups is 1. The highest BCUT2D eigenvalue weighted by molar-refractivity contribution is 4.96. The van der Waals surface area contributed by atoms with Crippen molar-refractivity contribution in [1.29, 1.82) is 0 Å². The molecule has 2 saturated carbocycles. The van der Waals surface area contributed by atoms with Gasteiger partial charge in [-0.1, -0.05) is 26.7 Å². The van der Waals surface area contributed by atoms with Crippen LogP contribution in [0.25, 0.3) is 0 Å². The van der Waals surface area contributed by atoms with Gasteiger partial charge in [0.25, 0.3) is 0 Å². The molecule has 2 aliphatic carbocycles. The second-order valence-electron chi connectivity index (χ2n) is 5.80. The summed E-state index contributed by atoms with van der Waals surface area (Å²) in [5.74, 6) is 9.39. The van der Waals surface area contributed by atoms with Crippen LogP contribution in [0.2, 0.25) is 0 Å². The lowest BCUT2D eigenvalue weighted by molar-refractivity contribution is 0.192. The summed E-state index contributed by atoms with van der Waals surface area (Å²) in [7, 11) is 0. The van der Waals surface area contributed by atoms with Crippen LogP contribution < -0.4 is 11.3 Å². The molecule has 5 atom stereocenters. The molecule has 0 spiro atoms. The fraction of sp³-hybridized carbons (Fsp3) is 1.00. The number of nitrogens with two attached hydrogens (primary N) is 1. The van der Waals surface area contributed by atoms with Crippen LogP contribution in [0.4, 0.5) is 0 Å². The first-order valence-corrected chi connectivity index (χ1v) is 6.72. The Bertz CT molecular complexity index is 205. The summed E-state index contributed by atoms with van der Waals surface area (Å²) in [6.07, 6.45) is 8.46. The molecule has 2 bridgehead atoms. The Labute approximate surface area is 94.0 Å². The maximum absolute atomic E-state index is 5.77. The molecule has 15 heavy (non-hydrogen) atoms. The van der Waals surface area contributed by atoms with E-state index in [0.717, 1.165) is 23.7 Å². The predicted molar refractivity (Wildman–Crippen MR) is 64.1 cm³/mol. The molecule has 0 aromatic carbocycles. The molecule has 0 aromatic heterocycles. The Morgan fingerprint density at radius 2 is 2.13 bits per heavy atom. The highest BCUT2D eigenvalue weighted by Gasteiger charge is 2.43. The monoisotopic (exact) mass is 210 g/mol. The van der Waals surface area contributed by atoms with Crippen molar-refractivity contribution in [3.63, 3.8) is 0 Å². The lowest BCUT2D eigenvalue weighted by Crippen LogP contribution is -2.46. The third-order valence-corrected chi connectivity index (χ3v) is 4.80. The minimum absolute atomic E-state index is 0.570. The van der Waals surface area contributed by atoms with Crippen LogP contribution in [-0.2, 0) is 0 Å². The second kappa shape index (κ2) is 4.84. The van der Waals surface area contributed by atoms with Crippen LogP contribution >= 0.6 is 0 Å². The van der Waals surface area contributed by atoms with Gasteiger partial charge in [0.1, 0.15) is 0 Å². The molecule has 0 heterocycles. The molecule has 2 rings (SSSR count). The molecule has 0 amide bonds. The zero-order valence-corrected chi connectivity index (χ0v) is 10.2. The van der Waals surface area contributed by atoms with E-state index < -0.39 is 0 Å². The highest BCUT2D eigenvalue weighted by atomic mass is 15.2. The summed E-state index contributed by atoms with van der Waals surface area (Å²) in [4.78, 5) is 0. The molecule has 2 nitrogen and oxygen atoms in total. The number of nitrogens with one attached hydrogen (secondary N) is 1. The van der Waals surface area contributed by atoms with Crippen molar-refractivity contribution in [2.75, 3.05) is 0 Å². The van der Waals surface area contributed by atoms with E-state index in [9.17, 15) is 0 Å². The molecule has 2 aliphatic rings. The molecule has 0 aliphatic heterocycles. The lowest BCUT2D eigenvalue weighted by Gasteiger charge is -2.34. The third-order valence-electron chi connectivity index (χ3n) is 4.80.